The summed E-state index contributed by atoms with van der Waals surface area (Å²) in [6, 6.07) is 5.13. The van der Waals surface area contributed by atoms with Crippen molar-refractivity contribution in [2.75, 3.05) is 11.9 Å². The Labute approximate surface area is 99.6 Å². The molecule has 0 spiro atoms. The second kappa shape index (κ2) is 4.43. The summed E-state index contributed by atoms with van der Waals surface area (Å²) < 4.78 is 50.7. The number of aromatic nitrogens is 3. The Bertz CT molecular complexity index is 552. The van der Waals surface area contributed by atoms with E-state index >= 15 is 0 Å². The Morgan fingerprint density at radius 2 is 2.11 bits per heavy atom. The van der Waals surface area contributed by atoms with Crippen molar-refractivity contribution in [3.05, 3.63) is 23.9 Å². The zero-order valence-electron chi connectivity index (χ0n) is 9.37. The van der Waals surface area contributed by atoms with E-state index in [1.807, 2.05) is 0 Å². The first-order chi connectivity index (χ1) is 8.40. The SMILES string of the molecule is Cc1cccc2nc(NCC(F)(F)C(F)F)nn12. The standard InChI is InChI=1S/C10H10F4N4/c1-6-3-2-4-7-16-9(17-18(6)7)15-5-10(13,14)8(11)12/h2-4,8H,5H2,1H3,(H,15,17). The summed E-state index contributed by atoms with van der Waals surface area (Å²) in [5.41, 5.74) is 1.21. The topological polar surface area (TPSA) is 42.2 Å². The van der Waals surface area contributed by atoms with Crippen molar-refractivity contribution in [1.82, 2.24) is 14.6 Å². The molecule has 8 heteroatoms. The lowest BCUT2D eigenvalue weighted by Crippen LogP contribution is -2.35. The molecule has 0 fully saturated rings. The van der Waals surface area contributed by atoms with Gasteiger partial charge in [-0.1, -0.05) is 6.07 Å². The van der Waals surface area contributed by atoms with Crippen molar-refractivity contribution in [1.29, 1.82) is 0 Å². The number of pyridine rings is 1. The molecule has 0 atom stereocenters. The fourth-order valence-corrected chi connectivity index (χ4v) is 1.38. The van der Waals surface area contributed by atoms with Crippen molar-refractivity contribution in [2.45, 2.75) is 19.3 Å². The van der Waals surface area contributed by atoms with Gasteiger partial charge < -0.3 is 5.32 Å². The zero-order valence-corrected chi connectivity index (χ0v) is 9.37. The number of nitrogens with zero attached hydrogens (tertiary/aromatic N) is 3. The molecule has 0 saturated carbocycles. The van der Waals surface area contributed by atoms with Crippen molar-refractivity contribution in [3.8, 4) is 0 Å². The number of halogens is 4. The lowest BCUT2D eigenvalue weighted by Gasteiger charge is -2.14. The first-order valence-electron chi connectivity index (χ1n) is 5.12. The number of hydrogen-bond acceptors (Lipinski definition) is 3. The van der Waals surface area contributed by atoms with E-state index in [0.29, 0.717) is 5.65 Å². The van der Waals surface area contributed by atoms with Gasteiger partial charge in [0.05, 0.1) is 6.54 Å². The third-order valence-electron chi connectivity index (χ3n) is 2.35. The Balaban J connectivity index is 2.16. The predicted molar refractivity (Wildman–Crippen MR) is 57.2 cm³/mol. The summed E-state index contributed by atoms with van der Waals surface area (Å²) >= 11 is 0. The number of fused-ring (bicyclic) bond motifs is 1. The molecule has 0 aliphatic rings. The van der Waals surface area contributed by atoms with Crippen LogP contribution in [0, 0.1) is 6.92 Å². The van der Waals surface area contributed by atoms with Gasteiger partial charge in [0, 0.05) is 5.69 Å². The predicted octanol–water partition coefficient (Wildman–Crippen LogP) is 2.35. The highest BCUT2D eigenvalue weighted by Gasteiger charge is 2.40. The summed E-state index contributed by atoms with van der Waals surface area (Å²) in [4.78, 5) is 3.90. The van der Waals surface area contributed by atoms with Crippen molar-refractivity contribution in [2.24, 2.45) is 0 Å². The average molecular weight is 262 g/mol. The van der Waals surface area contributed by atoms with Crippen LogP contribution in [0.1, 0.15) is 5.69 Å². The molecule has 0 aliphatic heterocycles. The molecule has 18 heavy (non-hydrogen) atoms. The fourth-order valence-electron chi connectivity index (χ4n) is 1.38. The Hall–Kier alpha value is -1.86. The molecule has 0 saturated heterocycles. The van der Waals surface area contributed by atoms with Crippen molar-refractivity contribution >= 4 is 11.6 Å². The third kappa shape index (κ3) is 2.36. The van der Waals surface area contributed by atoms with Crippen LogP contribution in [0.2, 0.25) is 0 Å². The minimum Gasteiger partial charge on any atom is -0.347 e. The maximum Gasteiger partial charge on any atom is 0.324 e. The Kier molecular flexibility index (Phi) is 3.10. The molecule has 1 N–H and O–H groups in total. The van der Waals surface area contributed by atoms with Gasteiger partial charge in [0.1, 0.15) is 0 Å². The summed E-state index contributed by atoms with van der Waals surface area (Å²) in [5, 5.41) is 6.00. The van der Waals surface area contributed by atoms with Crippen LogP contribution in [-0.4, -0.2) is 33.5 Å². The molecule has 2 aromatic rings. The number of aryl methyl sites for hydroxylation is 1. The number of hydrogen-bond donors (Lipinski definition) is 1. The minimum absolute atomic E-state index is 0.107. The summed E-state index contributed by atoms with van der Waals surface area (Å²) in [6.45, 7) is 0.555. The van der Waals surface area contributed by atoms with Gasteiger partial charge in [0.15, 0.2) is 5.65 Å². The maximum atomic E-state index is 12.7. The lowest BCUT2D eigenvalue weighted by molar-refractivity contribution is -0.117. The number of nitrogens with one attached hydrogen (secondary N) is 1. The molecule has 98 valence electrons. The molecule has 0 aromatic carbocycles. The fraction of sp³-hybridized carbons (Fsp3) is 0.400. The Morgan fingerprint density at radius 1 is 1.39 bits per heavy atom. The van der Waals surface area contributed by atoms with Crippen LogP contribution in [0.3, 0.4) is 0 Å². The minimum atomic E-state index is -4.10. The van der Waals surface area contributed by atoms with Crippen molar-refractivity contribution < 1.29 is 17.6 Å². The number of anilines is 1. The molecular formula is C10H10F4N4. The molecule has 2 heterocycles. The summed E-state index contributed by atoms with van der Waals surface area (Å²) in [7, 11) is 0. The van der Waals surface area contributed by atoms with E-state index in [0.717, 1.165) is 5.69 Å². The molecule has 0 amide bonds. The highest BCUT2D eigenvalue weighted by molar-refractivity contribution is 5.44. The number of rotatable bonds is 4. The Morgan fingerprint density at radius 3 is 2.72 bits per heavy atom. The average Bonchev–Trinajstić information content (AvgIpc) is 2.71. The zero-order chi connectivity index (χ0) is 13.3. The molecule has 0 radical (unpaired) electrons. The highest BCUT2D eigenvalue weighted by atomic mass is 19.3. The third-order valence-corrected chi connectivity index (χ3v) is 2.35. The van der Waals surface area contributed by atoms with Crippen LogP contribution in [0.4, 0.5) is 23.5 Å². The second-order valence-electron chi connectivity index (χ2n) is 3.79. The first-order valence-corrected chi connectivity index (χ1v) is 5.12. The van der Waals surface area contributed by atoms with Gasteiger partial charge in [-0.05, 0) is 19.1 Å². The quantitative estimate of drug-likeness (QED) is 0.860. The smallest absolute Gasteiger partial charge is 0.324 e. The summed E-state index contributed by atoms with van der Waals surface area (Å²) in [5.74, 6) is -4.21. The second-order valence-corrected chi connectivity index (χ2v) is 3.79. The van der Waals surface area contributed by atoms with E-state index in [2.05, 4.69) is 15.4 Å². The van der Waals surface area contributed by atoms with E-state index in [-0.39, 0.29) is 5.95 Å². The van der Waals surface area contributed by atoms with E-state index in [4.69, 9.17) is 0 Å². The molecule has 0 aliphatic carbocycles. The molecule has 4 nitrogen and oxygen atoms in total. The van der Waals surface area contributed by atoms with Gasteiger partial charge >= 0.3 is 12.3 Å². The van der Waals surface area contributed by atoms with E-state index in [9.17, 15) is 17.6 Å². The lowest BCUT2D eigenvalue weighted by atomic mass is 10.3. The van der Waals surface area contributed by atoms with Crippen LogP contribution < -0.4 is 5.32 Å². The van der Waals surface area contributed by atoms with Crippen LogP contribution in [-0.2, 0) is 0 Å². The van der Waals surface area contributed by atoms with Crippen LogP contribution in [0.5, 0.6) is 0 Å². The van der Waals surface area contributed by atoms with E-state index in [1.54, 1.807) is 25.1 Å². The normalized spacial score (nSPS) is 12.3. The van der Waals surface area contributed by atoms with Crippen LogP contribution in [0.15, 0.2) is 18.2 Å². The van der Waals surface area contributed by atoms with Gasteiger partial charge in [0.25, 0.3) is 0 Å². The van der Waals surface area contributed by atoms with E-state index in [1.165, 1.54) is 4.52 Å². The maximum absolute atomic E-state index is 12.7. The van der Waals surface area contributed by atoms with Crippen LogP contribution >= 0.6 is 0 Å². The first kappa shape index (κ1) is 12.6. The molecular weight excluding hydrogens is 252 g/mol. The van der Waals surface area contributed by atoms with Gasteiger partial charge in [-0.25, -0.2) is 13.3 Å². The molecule has 2 rings (SSSR count). The monoisotopic (exact) mass is 262 g/mol. The largest absolute Gasteiger partial charge is 0.347 e. The van der Waals surface area contributed by atoms with Gasteiger partial charge in [-0.2, -0.15) is 13.8 Å². The van der Waals surface area contributed by atoms with Gasteiger partial charge in [-0.15, -0.1) is 5.10 Å². The summed E-state index contributed by atoms with van der Waals surface area (Å²) in [6.07, 6.45) is -3.72. The molecule has 2 aromatic heterocycles. The van der Waals surface area contributed by atoms with Crippen LogP contribution in [0.25, 0.3) is 5.65 Å². The molecule has 0 bridgehead atoms. The number of alkyl halides is 4. The van der Waals surface area contributed by atoms with Gasteiger partial charge in [0.2, 0.25) is 5.95 Å². The van der Waals surface area contributed by atoms with E-state index < -0.39 is 18.9 Å². The highest BCUT2D eigenvalue weighted by Crippen LogP contribution is 2.22. The molecule has 0 unspecified atom stereocenters. The van der Waals surface area contributed by atoms with Gasteiger partial charge in [-0.3, -0.25) is 0 Å². The van der Waals surface area contributed by atoms with Crippen molar-refractivity contribution in [3.63, 3.8) is 0 Å².